The van der Waals surface area contributed by atoms with Crippen molar-refractivity contribution in [1.82, 2.24) is 10.0 Å². The van der Waals surface area contributed by atoms with E-state index in [0.29, 0.717) is 5.56 Å². The number of aliphatic imine (C=N–C) groups is 1. The van der Waals surface area contributed by atoms with E-state index in [-0.39, 0.29) is 6.04 Å². The number of aromatic carboxylic acids is 1. The number of carbonyl (C=O) groups is 1. The van der Waals surface area contributed by atoms with Gasteiger partial charge in [0.1, 0.15) is 5.82 Å². The first-order valence-electron chi connectivity index (χ1n) is 10.4. The molecule has 154 valence electrons. The summed E-state index contributed by atoms with van der Waals surface area (Å²) >= 11 is 0. The molecule has 5 heteroatoms. The molecule has 0 amide bonds. The fourth-order valence-electron chi connectivity index (χ4n) is 4.30. The molecule has 2 aliphatic rings. The summed E-state index contributed by atoms with van der Waals surface area (Å²) in [5.41, 5.74) is 5.61. The summed E-state index contributed by atoms with van der Waals surface area (Å²) in [6.07, 6.45) is 7.18. The second-order valence-electron chi connectivity index (χ2n) is 7.91. The molecule has 4 rings (SSSR count). The third-order valence-electron chi connectivity index (χ3n) is 5.62. The van der Waals surface area contributed by atoms with Gasteiger partial charge in [0, 0.05) is 25.4 Å². The molecular formula is C25H27N3O2. The third-order valence-corrected chi connectivity index (χ3v) is 5.62. The molecule has 0 radical (unpaired) electrons. The number of hydrazine groups is 1. The lowest BCUT2D eigenvalue weighted by molar-refractivity contribution is 0.0697. The number of carboxylic acid groups (broad SMARTS) is 1. The second kappa shape index (κ2) is 8.19. The monoisotopic (exact) mass is 401 g/mol. The Morgan fingerprint density at radius 2 is 1.87 bits per heavy atom. The van der Waals surface area contributed by atoms with Crippen LogP contribution in [-0.2, 0) is 6.42 Å². The van der Waals surface area contributed by atoms with Gasteiger partial charge in [0.15, 0.2) is 0 Å². The van der Waals surface area contributed by atoms with Crippen LogP contribution in [0.15, 0.2) is 77.2 Å². The molecule has 5 nitrogen and oxygen atoms in total. The van der Waals surface area contributed by atoms with Crippen LogP contribution in [0.1, 0.15) is 42.6 Å². The largest absolute Gasteiger partial charge is 0.478 e. The molecule has 2 heterocycles. The SMILES string of the molecule is CCCC1=NC2=CC(C)=CN(C)N2C1Cc1ccc(-c2ccccc2C(=O)O)cc1. The van der Waals surface area contributed by atoms with Gasteiger partial charge in [-0.3, -0.25) is 10.0 Å². The highest BCUT2D eigenvalue weighted by atomic mass is 16.4. The van der Waals surface area contributed by atoms with Crippen LogP contribution in [-0.4, -0.2) is 39.9 Å². The van der Waals surface area contributed by atoms with Crippen LogP contribution >= 0.6 is 0 Å². The first-order valence-corrected chi connectivity index (χ1v) is 10.4. The number of hydrogen-bond donors (Lipinski definition) is 1. The summed E-state index contributed by atoms with van der Waals surface area (Å²) in [5.74, 6) is 0.106. The van der Waals surface area contributed by atoms with Gasteiger partial charge < -0.3 is 5.11 Å². The first kappa shape index (κ1) is 20.0. The predicted molar refractivity (Wildman–Crippen MR) is 120 cm³/mol. The van der Waals surface area contributed by atoms with Gasteiger partial charge in [-0.25, -0.2) is 9.79 Å². The van der Waals surface area contributed by atoms with Crippen molar-refractivity contribution in [3.8, 4) is 11.1 Å². The summed E-state index contributed by atoms with van der Waals surface area (Å²) in [6.45, 7) is 4.28. The maximum atomic E-state index is 11.5. The topological polar surface area (TPSA) is 56.1 Å². The number of nitrogens with zero attached hydrogens (tertiary/aromatic N) is 3. The maximum absolute atomic E-state index is 11.5. The van der Waals surface area contributed by atoms with Crippen LogP contribution in [0.3, 0.4) is 0 Å². The van der Waals surface area contributed by atoms with Crippen molar-refractivity contribution in [1.29, 1.82) is 0 Å². The molecule has 1 atom stereocenters. The van der Waals surface area contributed by atoms with Crippen molar-refractivity contribution in [2.45, 2.75) is 39.2 Å². The van der Waals surface area contributed by atoms with Crippen molar-refractivity contribution in [2.24, 2.45) is 4.99 Å². The Labute approximate surface area is 177 Å². The van der Waals surface area contributed by atoms with E-state index in [1.807, 2.05) is 24.3 Å². The quantitative estimate of drug-likeness (QED) is 0.729. The minimum absolute atomic E-state index is 0.197. The fraction of sp³-hybridized carbons (Fsp3) is 0.280. The lowest BCUT2D eigenvalue weighted by Crippen LogP contribution is -2.45. The predicted octanol–water partition coefficient (Wildman–Crippen LogP) is 5.13. The van der Waals surface area contributed by atoms with Gasteiger partial charge in [-0.1, -0.05) is 55.8 Å². The van der Waals surface area contributed by atoms with E-state index in [0.717, 1.165) is 36.2 Å². The van der Waals surface area contributed by atoms with Crippen LogP contribution in [0.5, 0.6) is 0 Å². The summed E-state index contributed by atoms with van der Waals surface area (Å²) in [7, 11) is 2.07. The van der Waals surface area contributed by atoms with Crippen molar-refractivity contribution in [3.05, 3.63) is 83.3 Å². The van der Waals surface area contributed by atoms with Crippen LogP contribution < -0.4 is 0 Å². The summed E-state index contributed by atoms with van der Waals surface area (Å²) in [5, 5.41) is 13.9. The van der Waals surface area contributed by atoms with Crippen LogP contribution in [0.25, 0.3) is 11.1 Å². The van der Waals surface area contributed by atoms with E-state index in [1.165, 1.54) is 16.8 Å². The van der Waals surface area contributed by atoms with Gasteiger partial charge in [0.25, 0.3) is 0 Å². The van der Waals surface area contributed by atoms with Crippen LogP contribution in [0.4, 0.5) is 0 Å². The zero-order valence-electron chi connectivity index (χ0n) is 17.7. The Bertz CT molecular complexity index is 1050. The highest BCUT2D eigenvalue weighted by Gasteiger charge is 2.35. The Kier molecular flexibility index (Phi) is 5.44. The Morgan fingerprint density at radius 3 is 2.57 bits per heavy atom. The van der Waals surface area contributed by atoms with E-state index in [9.17, 15) is 9.90 Å². The summed E-state index contributed by atoms with van der Waals surface area (Å²) in [6, 6.07) is 15.6. The normalized spacial score (nSPS) is 18.0. The molecule has 30 heavy (non-hydrogen) atoms. The van der Waals surface area contributed by atoms with E-state index < -0.39 is 5.97 Å². The molecule has 1 N–H and O–H groups in total. The average Bonchev–Trinajstić information content (AvgIpc) is 3.06. The third kappa shape index (κ3) is 3.75. The van der Waals surface area contributed by atoms with Crippen molar-refractivity contribution >= 4 is 11.7 Å². The molecule has 0 bridgehead atoms. The molecule has 0 saturated heterocycles. The van der Waals surface area contributed by atoms with Crippen LogP contribution in [0.2, 0.25) is 0 Å². The van der Waals surface area contributed by atoms with Gasteiger partial charge in [0.05, 0.1) is 11.6 Å². The molecule has 2 aromatic rings. The number of fused-ring (bicyclic) bond motifs is 1. The Balaban J connectivity index is 1.59. The molecule has 0 aliphatic carbocycles. The van der Waals surface area contributed by atoms with Crippen molar-refractivity contribution in [2.75, 3.05) is 7.05 Å². The van der Waals surface area contributed by atoms with Crippen molar-refractivity contribution in [3.63, 3.8) is 0 Å². The van der Waals surface area contributed by atoms with E-state index in [1.54, 1.807) is 12.1 Å². The van der Waals surface area contributed by atoms with Crippen molar-refractivity contribution < 1.29 is 9.90 Å². The lowest BCUT2D eigenvalue weighted by atomic mass is 9.95. The maximum Gasteiger partial charge on any atom is 0.336 e. The minimum Gasteiger partial charge on any atom is -0.478 e. The van der Waals surface area contributed by atoms with Crippen LogP contribution in [0, 0.1) is 0 Å². The Morgan fingerprint density at radius 1 is 1.13 bits per heavy atom. The number of hydrogen-bond acceptors (Lipinski definition) is 4. The number of carboxylic acids is 1. The smallest absolute Gasteiger partial charge is 0.336 e. The fourth-order valence-corrected chi connectivity index (χ4v) is 4.30. The second-order valence-corrected chi connectivity index (χ2v) is 7.91. The molecule has 2 aliphatic heterocycles. The standard InChI is InChI=1S/C25H27N3O2/c1-4-7-22-23(28-24(26-22)14-17(2)16-27(28)3)15-18-10-12-19(13-11-18)20-8-5-6-9-21(20)25(29)30/h5-6,8-14,16,23H,4,7,15H2,1-3H3,(H,29,30). The lowest BCUT2D eigenvalue weighted by Gasteiger charge is -2.37. The summed E-state index contributed by atoms with van der Waals surface area (Å²) < 4.78 is 0. The average molecular weight is 402 g/mol. The van der Waals surface area contributed by atoms with E-state index in [4.69, 9.17) is 4.99 Å². The zero-order valence-corrected chi connectivity index (χ0v) is 17.7. The molecular weight excluding hydrogens is 374 g/mol. The number of rotatable bonds is 6. The summed E-state index contributed by atoms with van der Waals surface area (Å²) in [4.78, 5) is 16.5. The molecule has 2 aromatic carbocycles. The molecule has 0 saturated carbocycles. The molecule has 0 fully saturated rings. The van der Waals surface area contributed by atoms with Gasteiger partial charge in [-0.05, 0) is 47.8 Å². The van der Waals surface area contributed by atoms with Gasteiger partial charge in [-0.15, -0.1) is 0 Å². The first-order chi connectivity index (χ1) is 14.5. The van der Waals surface area contributed by atoms with E-state index >= 15 is 0 Å². The molecule has 0 spiro atoms. The van der Waals surface area contributed by atoms with E-state index in [2.05, 4.69) is 55.3 Å². The molecule has 1 unspecified atom stereocenters. The zero-order chi connectivity index (χ0) is 21.3. The minimum atomic E-state index is -0.906. The Hall–Kier alpha value is -3.34. The number of allylic oxidation sites excluding steroid dienone is 2. The van der Waals surface area contributed by atoms with Gasteiger partial charge >= 0.3 is 5.97 Å². The highest BCUT2D eigenvalue weighted by Crippen LogP contribution is 2.32. The molecule has 0 aromatic heterocycles. The van der Waals surface area contributed by atoms with Gasteiger partial charge in [0.2, 0.25) is 0 Å². The number of benzene rings is 2. The highest BCUT2D eigenvalue weighted by molar-refractivity contribution is 5.96. The van der Waals surface area contributed by atoms with Gasteiger partial charge in [-0.2, -0.15) is 0 Å².